The average molecular weight is 354 g/mol. The molecule has 0 unspecified atom stereocenters. The summed E-state index contributed by atoms with van der Waals surface area (Å²) in [7, 11) is 0. The first kappa shape index (κ1) is 19.4. The fraction of sp³-hybridized carbons (Fsp3) is 0.238. The van der Waals surface area contributed by atoms with Crippen LogP contribution in [0, 0.1) is 0 Å². The maximum Gasteiger partial charge on any atom is 0.350 e. The summed E-state index contributed by atoms with van der Waals surface area (Å²) in [6.45, 7) is 3.47. The molecule has 2 rings (SSSR count). The summed E-state index contributed by atoms with van der Waals surface area (Å²) >= 11 is 0. The third-order valence-corrected chi connectivity index (χ3v) is 3.81. The Balaban J connectivity index is 2.02. The van der Waals surface area contributed by atoms with Crippen LogP contribution in [-0.2, 0) is 32.3 Å². The number of hydrogen-bond donors (Lipinski definition) is 1. The number of rotatable bonds is 9. The number of hydrogen-bond acceptors (Lipinski definition) is 5. The number of benzene rings is 2. The molecule has 1 N–H and O–H groups in total. The van der Waals surface area contributed by atoms with Gasteiger partial charge in [0.2, 0.25) is 0 Å². The van der Waals surface area contributed by atoms with Gasteiger partial charge in [0.05, 0.1) is 0 Å². The van der Waals surface area contributed by atoms with Crippen molar-refractivity contribution >= 4 is 11.9 Å². The van der Waals surface area contributed by atoms with Crippen LogP contribution in [-0.4, -0.2) is 22.6 Å². The Kier molecular flexibility index (Phi) is 7.12. The summed E-state index contributed by atoms with van der Waals surface area (Å²) < 4.78 is 10.3. The van der Waals surface area contributed by atoms with Crippen molar-refractivity contribution in [3.63, 3.8) is 0 Å². The Hall–Kier alpha value is -2.92. The Morgan fingerprint density at radius 2 is 1.31 bits per heavy atom. The second-order valence-corrected chi connectivity index (χ2v) is 5.81. The maximum atomic E-state index is 12.4. The van der Waals surface area contributed by atoms with Gasteiger partial charge in [-0.05, 0) is 17.5 Å². The molecule has 0 saturated carbocycles. The topological polar surface area (TPSA) is 72.8 Å². The predicted octanol–water partition coefficient (Wildman–Crippen LogP) is 3.17. The molecule has 0 aliphatic rings. The molecule has 0 aromatic heterocycles. The smallest absolute Gasteiger partial charge is 0.350 e. The molecule has 0 aliphatic heterocycles. The Morgan fingerprint density at radius 3 is 1.69 bits per heavy atom. The van der Waals surface area contributed by atoms with Gasteiger partial charge < -0.3 is 14.6 Å². The highest BCUT2D eigenvalue weighted by Gasteiger charge is 2.46. The molecule has 0 radical (unpaired) electrons. The van der Waals surface area contributed by atoms with E-state index in [1.807, 2.05) is 12.1 Å². The molecule has 0 saturated heterocycles. The molecule has 0 amide bonds. The van der Waals surface area contributed by atoms with Crippen LogP contribution in [0.15, 0.2) is 73.3 Å². The van der Waals surface area contributed by atoms with Crippen LogP contribution in [0.5, 0.6) is 0 Å². The fourth-order valence-corrected chi connectivity index (χ4v) is 2.28. The molecule has 0 aliphatic carbocycles. The van der Waals surface area contributed by atoms with Crippen LogP contribution in [0.25, 0.3) is 0 Å². The van der Waals surface area contributed by atoms with Crippen molar-refractivity contribution in [2.75, 3.05) is 0 Å². The molecule has 26 heavy (non-hydrogen) atoms. The number of allylic oxidation sites excluding steroid dienone is 1. The quantitative estimate of drug-likeness (QED) is 0.425. The van der Waals surface area contributed by atoms with E-state index < -0.39 is 17.5 Å². The minimum absolute atomic E-state index is 0.0396. The number of aliphatic hydroxyl groups is 1. The van der Waals surface area contributed by atoms with Crippen molar-refractivity contribution in [2.24, 2.45) is 0 Å². The van der Waals surface area contributed by atoms with Gasteiger partial charge >= 0.3 is 11.9 Å². The molecule has 5 nitrogen and oxygen atoms in total. The van der Waals surface area contributed by atoms with Crippen molar-refractivity contribution in [1.82, 2.24) is 0 Å². The van der Waals surface area contributed by atoms with Crippen LogP contribution in [0.1, 0.15) is 24.0 Å². The minimum Gasteiger partial charge on any atom is -0.458 e. The van der Waals surface area contributed by atoms with E-state index in [0.29, 0.717) is 0 Å². The molecule has 0 bridgehead atoms. The summed E-state index contributed by atoms with van der Waals surface area (Å²) in [6, 6.07) is 18.0. The fourth-order valence-electron chi connectivity index (χ4n) is 2.28. The van der Waals surface area contributed by atoms with Crippen LogP contribution in [0.3, 0.4) is 0 Å². The second-order valence-electron chi connectivity index (χ2n) is 5.81. The molecule has 2 aromatic carbocycles. The largest absolute Gasteiger partial charge is 0.458 e. The van der Waals surface area contributed by atoms with Crippen molar-refractivity contribution < 1.29 is 24.2 Å². The van der Waals surface area contributed by atoms with Gasteiger partial charge in [0.15, 0.2) is 0 Å². The van der Waals surface area contributed by atoms with Gasteiger partial charge in [-0.3, -0.25) is 0 Å². The van der Waals surface area contributed by atoms with Crippen LogP contribution >= 0.6 is 0 Å². The molecule has 0 heterocycles. The van der Waals surface area contributed by atoms with E-state index in [1.165, 1.54) is 6.08 Å². The zero-order valence-electron chi connectivity index (χ0n) is 14.5. The lowest BCUT2D eigenvalue weighted by Crippen LogP contribution is -2.48. The molecular formula is C21H22O5. The minimum atomic E-state index is -2.36. The highest BCUT2D eigenvalue weighted by atomic mass is 16.6. The van der Waals surface area contributed by atoms with Gasteiger partial charge in [0.25, 0.3) is 5.60 Å². The van der Waals surface area contributed by atoms with Crippen LogP contribution in [0.4, 0.5) is 0 Å². The predicted molar refractivity (Wildman–Crippen MR) is 96.9 cm³/mol. The lowest BCUT2D eigenvalue weighted by atomic mass is 9.98. The monoisotopic (exact) mass is 354 g/mol. The number of carbonyl (C=O) groups excluding carboxylic acids is 2. The van der Waals surface area contributed by atoms with Crippen molar-refractivity contribution in [2.45, 2.75) is 31.7 Å². The molecule has 0 spiro atoms. The third kappa shape index (κ3) is 5.29. The number of esters is 2. The summed E-state index contributed by atoms with van der Waals surface area (Å²) in [4.78, 5) is 24.8. The van der Waals surface area contributed by atoms with Gasteiger partial charge in [-0.1, -0.05) is 66.7 Å². The van der Waals surface area contributed by atoms with Crippen molar-refractivity contribution in [3.8, 4) is 0 Å². The normalized spacial score (nSPS) is 10.8. The lowest BCUT2D eigenvalue weighted by molar-refractivity contribution is -0.186. The highest BCUT2D eigenvalue weighted by molar-refractivity contribution is 6.03. The zero-order valence-corrected chi connectivity index (χ0v) is 14.5. The number of carbonyl (C=O) groups is 2. The van der Waals surface area contributed by atoms with Gasteiger partial charge in [0, 0.05) is 6.42 Å². The molecule has 5 heteroatoms. The molecule has 0 atom stereocenters. The first-order valence-electron chi connectivity index (χ1n) is 8.32. The van der Waals surface area contributed by atoms with Gasteiger partial charge in [-0.2, -0.15) is 0 Å². The SMILES string of the molecule is C=CCCC(O)(C(=O)OCc1ccccc1)C(=O)OCc1ccccc1. The van der Waals surface area contributed by atoms with E-state index in [2.05, 4.69) is 6.58 Å². The third-order valence-electron chi connectivity index (χ3n) is 3.81. The molecule has 0 fully saturated rings. The van der Waals surface area contributed by atoms with Crippen LogP contribution < -0.4 is 0 Å². The van der Waals surface area contributed by atoms with E-state index in [-0.39, 0.29) is 26.1 Å². The summed E-state index contributed by atoms with van der Waals surface area (Å²) in [5.41, 5.74) is -0.855. The zero-order chi connectivity index (χ0) is 18.8. The standard InChI is InChI=1S/C21H22O5/c1-2-3-14-21(24,19(22)25-15-17-10-6-4-7-11-17)20(23)26-16-18-12-8-5-9-13-18/h2,4-13,24H,1,3,14-16H2. The van der Waals surface area contributed by atoms with Gasteiger partial charge in [-0.15, -0.1) is 6.58 Å². The average Bonchev–Trinajstić information content (AvgIpc) is 2.69. The van der Waals surface area contributed by atoms with E-state index in [9.17, 15) is 14.7 Å². The van der Waals surface area contributed by atoms with Crippen molar-refractivity contribution in [1.29, 1.82) is 0 Å². The van der Waals surface area contributed by atoms with E-state index in [4.69, 9.17) is 9.47 Å². The van der Waals surface area contributed by atoms with E-state index in [0.717, 1.165) is 11.1 Å². The maximum absolute atomic E-state index is 12.4. The van der Waals surface area contributed by atoms with Crippen molar-refractivity contribution in [3.05, 3.63) is 84.4 Å². The summed E-state index contributed by atoms with van der Waals surface area (Å²) in [5, 5.41) is 10.6. The summed E-state index contributed by atoms with van der Waals surface area (Å²) in [6.07, 6.45) is 1.62. The first-order chi connectivity index (χ1) is 12.6. The van der Waals surface area contributed by atoms with Crippen LogP contribution in [0.2, 0.25) is 0 Å². The van der Waals surface area contributed by atoms with Gasteiger partial charge in [0.1, 0.15) is 13.2 Å². The second kappa shape index (κ2) is 9.53. The van der Waals surface area contributed by atoms with E-state index >= 15 is 0 Å². The highest BCUT2D eigenvalue weighted by Crippen LogP contribution is 2.20. The lowest BCUT2D eigenvalue weighted by Gasteiger charge is -2.23. The first-order valence-corrected chi connectivity index (χ1v) is 8.32. The Labute approximate surface area is 152 Å². The molecule has 2 aromatic rings. The van der Waals surface area contributed by atoms with E-state index in [1.54, 1.807) is 48.5 Å². The number of ether oxygens (including phenoxy) is 2. The Morgan fingerprint density at radius 1 is 0.885 bits per heavy atom. The van der Waals surface area contributed by atoms with Gasteiger partial charge in [-0.25, -0.2) is 9.59 Å². The Bertz CT molecular complexity index is 669. The molecular weight excluding hydrogens is 332 g/mol. The summed E-state index contributed by atoms with van der Waals surface area (Å²) in [5.74, 6) is -2.05. The molecule has 136 valence electrons.